The van der Waals surface area contributed by atoms with E-state index in [4.69, 9.17) is 14.7 Å². The van der Waals surface area contributed by atoms with Crippen LogP contribution in [0.3, 0.4) is 0 Å². The lowest BCUT2D eigenvalue weighted by Gasteiger charge is -2.24. The minimum Gasteiger partial charge on any atom is -0.466 e. The molecule has 0 aromatic carbocycles. The fraction of sp³-hybridized carbons (Fsp3) is 0.800. The number of rotatable bonds is 3. The molecule has 0 bridgehead atoms. The molecule has 1 heterocycles. The summed E-state index contributed by atoms with van der Waals surface area (Å²) in [5, 5.41) is 8.66. The van der Waals surface area contributed by atoms with Crippen molar-refractivity contribution in [2.24, 2.45) is 5.92 Å². The van der Waals surface area contributed by atoms with E-state index in [1.165, 1.54) is 0 Å². The molecule has 1 aliphatic heterocycles. The van der Waals surface area contributed by atoms with E-state index in [0.717, 1.165) is 6.42 Å². The molecule has 0 aliphatic carbocycles. The van der Waals surface area contributed by atoms with Gasteiger partial charge in [0.1, 0.15) is 6.10 Å². The summed E-state index contributed by atoms with van der Waals surface area (Å²) in [7, 11) is 0. The van der Waals surface area contributed by atoms with Crippen molar-refractivity contribution in [1.29, 1.82) is 5.26 Å². The molecule has 4 nitrogen and oxygen atoms in total. The van der Waals surface area contributed by atoms with Gasteiger partial charge in [-0.05, 0) is 25.7 Å². The number of carbonyl (C=O) groups is 1. The number of esters is 1. The Kier molecular flexibility index (Phi) is 4.41. The van der Waals surface area contributed by atoms with Crippen molar-refractivity contribution in [3.63, 3.8) is 0 Å². The molecule has 0 N–H and O–H groups in total. The Morgan fingerprint density at radius 3 is 3.14 bits per heavy atom. The Labute approximate surface area is 83.8 Å². The van der Waals surface area contributed by atoms with Gasteiger partial charge < -0.3 is 9.47 Å². The highest BCUT2D eigenvalue weighted by Crippen LogP contribution is 2.23. The second kappa shape index (κ2) is 5.61. The average Bonchev–Trinajstić information content (AvgIpc) is 2.18. The third-order valence-electron chi connectivity index (χ3n) is 2.30. The quantitative estimate of drug-likeness (QED) is 0.639. The number of ether oxygens (including phenoxy) is 2. The molecule has 14 heavy (non-hydrogen) atoms. The highest BCUT2D eigenvalue weighted by molar-refractivity contribution is 5.69. The Balaban J connectivity index is 2.31. The summed E-state index contributed by atoms with van der Waals surface area (Å²) >= 11 is 0. The zero-order chi connectivity index (χ0) is 10.4. The summed E-state index contributed by atoms with van der Waals surface area (Å²) in [5.74, 6) is 0.0727. The van der Waals surface area contributed by atoms with Crippen LogP contribution in [0, 0.1) is 17.2 Å². The van der Waals surface area contributed by atoms with Gasteiger partial charge in [0.15, 0.2) is 0 Å². The summed E-state index contributed by atoms with van der Waals surface area (Å²) in [4.78, 5) is 11.2. The first kappa shape index (κ1) is 11.0. The fourth-order valence-corrected chi connectivity index (χ4v) is 1.60. The van der Waals surface area contributed by atoms with Gasteiger partial charge >= 0.3 is 5.97 Å². The van der Waals surface area contributed by atoms with Gasteiger partial charge in [-0.25, -0.2) is 0 Å². The topological polar surface area (TPSA) is 59.3 Å². The van der Waals surface area contributed by atoms with Crippen LogP contribution in [-0.4, -0.2) is 25.3 Å². The van der Waals surface area contributed by atoms with Crippen molar-refractivity contribution < 1.29 is 14.3 Å². The number of hydrogen-bond donors (Lipinski definition) is 0. The molecule has 2 unspecified atom stereocenters. The Morgan fingerprint density at radius 1 is 1.71 bits per heavy atom. The van der Waals surface area contributed by atoms with Gasteiger partial charge in [-0.1, -0.05) is 0 Å². The monoisotopic (exact) mass is 197 g/mol. The van der Waals surface area contributed by atoms with Crippen LogP contribution in [0.1, 0.15) is 26.2 Å². The highest BCUT2D eigenvalue weighted by atomic mass is 16.5. The van der Waals surface area contributed by atoms with Crippen molar-refractivity contribution in [3.05, 3.63) is 0 Å². The van der Waals surface area contributed by atoms with E-state index in [1.807, 2.05) is 0 Å². The van der Waals surface area contributed by atoms with Crippen LogP contribution in [0.2, 0.25) is 0 Å². The summed E-state index contributed by atoms with van der Waals surface area (Å²) in [6.07, 6.45) is 1.56. The van der Waals surface area contributed by atoms with E-state index in [-0.39, 0.29) is 18.0 Å². The van der Waals surface area contributed by atoms with Gasteiger partial charge in [-0.15, -0.1) is 0 Å². The predicted octanol–water partition coefficient (Wildman–Crippen LogP) is 1.26. The SMILES string of the molecule is CCOC(=O)CC1CCOC(C#N)C1. The van der Waals surface area contributed by atoms with Crippen LogP contribution >= 0.6 is 0 Å². The van der Waals surface area contributed by atoms with Crippen molar-refractivity contribution in [2.75, 3.05) is 13.2 Å². The minimum absolute atomic E-state index is 0.170. The van der Waals surface area contributed by atoms with Crippen molar-refractivity contribution in [1.82, 2.24) is 0 Å². The smallest absolute Gasteiger partial charge is 0.306 e. The minimum atomic E-state index is -0.344. The fourth-order valence-electron chi connectivity index (χ4n) is 1.60. The van der Waals surface area contributed by atoms with Crippen LogP contribution in [0.5, 0.6) is 0 Å². The standard InChI is InChI=1S/C10H15NO3/c1-2-13-10(12)6-8-3-4-14-9(5-8)7-11/h8-9H,2-6H2,1H3. The molecule has 1 rings (SSSR count). The normalized spacial score (nSPS) is 26.6. The van der Waals surface area contributed by atoms with E-state index in [2.05, 4.69) is 6.07 Å². The van der Waals surface area contributed by atoms with E-state index in [0.29, 0.717) is 26.1 Å². The van der Waals surface area contributed by atoms with E-state index >= 15 is 0 Å². The molecule has 0 radical (unpaired) electrons. The van der Waals surface area contributed by atoms with Crippen LogP contribution in [0.4, 0.5) is 0 Å². The average molecular weight is 197 g/mol. The maximum atomic E-state index is 11.2. The second-order valence-corrected chi connectivity index (χ2v) is 3.39. The van der Waals surface area contributed by atoms with Crippen LogP contribution < -0.4 is 0 Å². The van der Waals surface area contributed by atoms with Crippen molar-refractivity contribution in [3.8, 4) is 6.07 Å². The van der Waals surface area contributed by atoms with E-state index in [1.54, 1.807) is 6.92 Å². The molecule has 1 saturated heterocycles. The van der Waals surface area contributed by atoms with Crippen LogP contribution in [0.25, 0.3) is 0 Å². The summed E-state index contributed by atoms with van der Waals surface area (Å²) in [5.41, 5.74) is 0. The summed E-state index contributed by atoms with van der Waals surface area (Å²) in [6.45, 7) is 2.78. The molecule has 2 atom stereocenters. The molecular formula is C10H15NO3. The Morgan fingerprint density at radius 2 is 2.50 bits per heavy atom. The lowest BCUT2D eigenvalue weighted by atomic mass is 9.93. The molecule has 0 aromatic rings. The number of hydrogen-bond acceptors (Lipinski definition) is 4. The molecule has 78 valence electrons. The van der Waals surface area contributed by atoms with Gasteiger partial charge in [-0.3, -0.25) is 4.79 Å². The lowest BCUT2D eigenvalue weighted by Crippen LogP contribution is -2.26. The second-order valence-electron chi connectivity index (χ2n) is 3.39. The predicted molar refractivity (Wildman–Crippen MR) is 49.3 cm³/mol. The van der Waals surface area contributed by atoms with Crippen LogP contribution in [-0.2, 0) is 14.3 Å². The number of carbonyl (C=O) groups excluding carboxylic acids is 1. The zero-order valence-corrected chi connectivity index (χ0v) is 8.36. The molecular weight excluding hydrogens is 182 g/mol. The van der Waals surface area contributed by atoms with E-state index < -0.39 is 0 Å². The van der Waals surface area contributed by atoms with Crippen molar-refractivity contribution >= 4 is 5.97 Å². The third kappa shape index (κ3) is 3.35. The van der Waals surface area contributed by atoms with Gasteiger partial charge in [-0.2, -0.15) is 5.26 Å². The van der Waals surface area contributed by atoms with Gasteiger partial charge in [0.2, 0.25) is 0 Å². The third-order valence-corrected chi connectivity index (χ3v) is 2.30. The molecule has 0 aromatic heterocycles. The first-order valence-electron chi connectivity index (χ1n) is 4.93. The van der Waals surface area contributed by atoms with E-state index in [9.17, 15) is 4.79 Å². The molecule has 1 aliphatic rings. The first-order valence-corrected chi connectivity index (χ1v) is 4.93. The summed E-state index contributed by atoms with van der Waals surface area (Å²) in [6, 6.07) is 2.06. The maximum absolute atomic E-state index is 11.2. The van der Waals surface area contributed by atoms with Crippen LogP contribution in [0.15, 0.2) is 0 Å². The molecule has 1 fully saturated rings. The molecule has 0 saturated carbocycles. The van der Waals surface area contributed by atoms with Gasteiger partial charge in [0.25, 0.3) is 0 Å². The van der Waals surface area contributed by atoms with Gasteiger partial charge in [0.05, 0.1) is 12.7 Å². The van der Waals surface area contributed by atoms with Crippen molar-refractivity contribution in [2.45, 2.75) is 32.3 Å². The lowest BCUT2D eigenvalue weighted by molar-refractivity contribution is -0.145. The maximum Gasteiger partial charge on any atom is 0.306 e. The Hall–Kier alpha value is -1.08. The molecule has 4 heteroatoms. The number of nitrogens with zero attached hydrogens (tertiary/aromatic N) is 1. The number of nitriles is 1. The first-order chi connectivity index (χ1) is 6.76. The zero-order valence-electron chi connectivity index (χ0n) is 8.36. The highest BCUT2D eigenvalue weighted by Gasteiger charge is 2.24. The largest absolute Gasteiger partial charge is 0.466 e. The molecule has 0 amide bonds. The summed E-state index contributed by atoms with van der Waals surface area (Å²) < 4.78 is 10.0. The molecule has 0 spiro atoms. The van der Waals surface area contributed by atoms with Gasteiger partial charge in [0, 0.05) is 13.0 Å². The Bertz CT molecular complexity index is 234.